The summed E-state index contributed by atoms with van der Waals surface area (Å²) in [5, 5.41) is 5.81. The Kier molecular flexibility index (Phi) is 10.5. The number of likely N-dealkylation sites (tertiary alicyclic amines) is 1. The largest absolute Gasteiger partial charge is 0.484 e. The van der Waals surface area contributed by atoms with E-state index in [2.05, 4.69) is 30.5 Å². The topological polar surface area (TPSA) is 161 Å². The van der Waals surface area contributed by atoms with Crippen molar-refractivity contribution in [2.24, 2.45) is 0 Å². The van der Waals surface area contributed by atoms with Crippen LogP contribution in [0.15, 0.2) is 48.7 Å². The molecular weight excluding hydrogens is 532 g/mol. The first kappa shape index (κ1) is 29.0. The molecule has 1 unspecified atom stereocenters. The zero-order chi connectivity index (χ0) is 28.3. The number of amides is 2. The summed E-state index contributed by atoms with van der Waals surface area (Å²) in [7, 11) is 0. The summed E-state index contributed by atoms with van der Waals surface area (Å²) in [4.78, 5) is 39.2. The number of nitrogens with zero attached hydrogens (tertiary/aromatic N) is 4. The third kappa shape index (κ3) is 8.78. The van der Waals surface area contributed by atoms with Crippen molar-refractivity contribution in [3.8, 4) is 5.75 Å². The highest BCUT2D eigenvalue weighted by molar-refractivity contribution is 6.31. The Labute approximate surface area is 238 Å². The SMILES string of the molecule is Nc1nc(N)c(C(=O)NC2CCCN(CCCc3ccc(OCC(=O)NCCc4ccccn4)cc3)C2)nc1Cl. The smallest absolute Gasteiger partial charge is 0.274 e. The number of aryl methyl sites for hydroxylation is 1. The number of carbonyl (C=O) groups is 2. The fourth-order valence-corrected chi connectivity index (χ4v) is 4.70. The first-order chi connectivity index (χ1) is 19.4. The van der Waals surface area contributed by atoms with Crippen LogP contribution in [0.2, 0.25) is 5.15 Å². The van der Waals surface area contributed by atoms with E-state index in [0.29, 0.717) is 18.7 Å². The number of nitrogens with one attached hydrogen (secondary N) is 2. The van der Waals surface area contributed by atoms with Gasteiger partial charge in [-0.15, -0.1) is 0 Å². The number of pyridine rings is 1. The summed E-state index contributed by atoms with van der Waals surface area (Å²) in [5.74, 6) is 0.0550. The minimum absolute atomic E-state index is 0.00240. The number of aromatic nitrogens is 3. The third-order valence-corrected chi connectivity index (χ3v) is 6.90. The lowest BCUT2D eigenvalue weighted by Gasteiger charge is -2.33. The molecule has 11 nitrogen and oxygen atoms in total. The molecule has 2 amide bonds. The van der Waals surface area contributed by atoms with Crippen LogP contribution >= 0.6 is 11.6 Å². The highest BCUT2D eigenvalue weighted by atomic mass is 35.5. The minimum Gasteiger partial charge on any atom is -0.484 e. The third-order valence-electron chi connectivity index (χ3n) is 6.62. The molecule has 1 saturated heterocycles. The van der Waals surface area contributed by atoms with Crippen molar-refractivity contribution < 1.29 is 14.3 Å². The van der Waals surface area contributed by atoms with Gasteiger partial charge >= 0.3 is 0 Å². The van der Waals surface area contributed by atoms with Crippen LogP contribution in [0.4, 0.5) is 11.6 Å². The molecule has 6 N–H and O–H groups in total. The maximum Gasteiger partial charge on any atom is 0.274 e. The van der Waals surface area contributed by atoms with Gasteiger partial charge in [-0.25, -0.2) is 9.97 Å². The highest BCUT2D eigenvalue weighted by Gasteiger charge is 2.24. The molecule has 4 rings (SSSR count). The Morgan fingerprint density at radius 1 is 1.07 bits per heavy atom. The normalized spacial score (nSPS) is 15.4. The van der Waals surface area contributed by atoms with Crippen LogP contribution in [-0.2, 0) is 17.6 Å². The van der Waals surface area contributed by atoms with Gasteiger partial charge in [0.05, 0.1) is 0 Å². The molecule has 3 heterocycles. The van der Waals surface area contributed by atoms with Gasteiger partial charge in [0.1, 0.15) is 5.75 Å². The van der Waals surface area contributed by atoms with Crippen molar-refractivity contribution in [1.29, 1.82) is 0 Å². The van der Waals surface area contributed by atoms with Crippen LogP contribution in [0.1, 0.15) is 41.0 Å². The van der Waals surface area contributed by atoms with E-state index in [1.165, 1.54) is 5.56 Å². The molecule has 3 aromatic rings. The van der Waals surface area contributed by atoms with Gasteiger partial charge in [0.15, 0.2) is 29.1 Å². The van der Waals surface area contributed by atoms with Crippen molar-refractivity contribution in [2.45, 2.75) is 38.1 Å². The summed E-state index contributed by atoms with van der Waals surface area (Å²) in [6.45, 7) is 3.14. The second-order valence-corrected chi connectivity index (χ2v) is 10.1. The number of anilines is 2. The number of carbonyl (C=O) groups excluding carboxylic acids is 2. The van der Waals surface area contributed by atoms with Crippen molar-refractivity contribution >= 4 is 35.1 Å². The molecule has 40 heavy (non-hydrogen) atoms. The van der Waals surface area contributed by atoms with E-state index in [9.17, 15) is 9.59 Å². The summed E-state index contributed by atoms with van der Waals surface area (Å²) >= 11 is 5.91. The lowest BCUT2D eigenvalue weighted by molar-refractivity contribution is -0.123. The van der Waals surface area contributed by atoms with Gasteiger partial charge in [-0.05, 0) is 68.6 Å². The van der Waals surface area contributed by atoms with Crippen LogP contribution < -0.4 is 26.8 Å². The standard InChI is InChI=1S/C28H35ClN8O3/c29-25-27(31)36-26(30)24(35-25)28(39)34-21-7-4-16-37(17-21)15-3-5-19-8-10-22(11-9-19)40-18-23(38)33-14-12-20-6-1-2-13-32-20/h1-2,6,8-11,13,21H,3-5,7,12,14-18H2,(H,33,38)(H,34,39)(H4,30,31,36). The lowest BCUT2D eigenvalue weighted by Crippen LogP contribution is -2.48. The van der Waals surface area contributed by atoms with Gasteiger partial charge in [-0.3, -0.25) is 14.6 Å². The Morgan fingerprint density at radius 2 is 1.90 bits per heavy atom. The molecule has 212 valence electrons. The maximum absolute atomic E-state index is 12.7. The van der Waals surface area contributed by atoms with Crippen LogP contribution in [0.5, 0.6) is 5.75 Å². The van der Waals surface area contributed by atoms with E-state index in [0.717, 1.165) is 51.0 Å². The number of halogens is 1. The number of nitrogens with two attached hydrogens (primary N) is 2. The average Bonchev–Trinajstić information content (AvgIpc) is 2.95. The monoisotopic (exact) mass is 566 g/mol. The Bertz CT molecular complexity index is 1280. The van der Waals surface area contributed by atoms with Crippen molar-refractivity contribution in [3.05, 3.63) is 70.8 Å². The molecule has 0 saturated carbocycles. The van der Waals surface area contributed by atoms with Crippen LogP contribution in [0.25, 0.3) is 0 Å². The van der Waals surface area contributed by atoms with E-state index in [4.69, 9.17) is 27.8 Å². The van der Waals surface area contributed by atoms with Crippen molar-refractivity contribution in [2.75, 3.05) is 44.3 Å². The average molecular weight is 567 g/mol. The second kappa shape index (κ2) is 14.4. The van der Waals surface area contributed by atoms with Gasteiger partial charge < -0.3 is 31.7 Å². The molecule has 2 aromatic heterocycles. The van der Waals surface area contributed by atoms with Crippen molar-refractivity contribution in [3.63, 3.8) is 0 Å². The molecule has 1 aliphatic rings. The number of ether oxygens (including phenoxy) is 1. The van der Waals surface area contributed by atoms with Crippen molar-refractivity contribution in [1.82, 2.24) is 30.5 Å². The van der Waals surface area contributed by atoms with E-state index in [1.807, 2.05) is 42.5 Å². The molecule has 0 bridgehead atoms. The van der Waals surface area contributed by atoms with E-state index < -0.39 is 5.91 Å². The zero-order valence-corrected chi connectivity index (χ0v) is 23.1. The number of piperidine rings is 1. The van der Waals surface area contributed by atoms with E-state index in [-0.39, 0.29) is 41.0 Å². The van der Waals surface area contributed by atoms with Gasteiger partial charge in [0, 0.05) is 37.4 Å². The van der Waals surface area contributed by atoms with Gasteiger partial charge in [0.25, 0.3) is 11.8 Å². The summed E-state index contributed by atoms with van der Waals surface area (Å²) < 4.78 is 5.62. The number of rotatable bonds is 12. The summed E-state index contributed by atoms with van der Waals surface area (Å²) in [6.07, 6.45) is 6.17. The van der Waals surface area contributed by atoms with Crippen LogP contribution in [-0.4, -0.2) is 70.5 Å². The van der Waals surface area contributed by atoms with Gasteiger partial charge in [0.2, 0.25) is 0 Å². The van der Waals surface area contributed by atoms with E-state index in [1.54, 1.807) is 6.20 Å². The van der Waals surface area contributed by atoms with Gasteiger partial charge in [-0.2, -0.15) is 0 Å². The summed E-state index contributed by atoms with van der Waals surface area (Å²) in [6, 6.07) is 13.5. The zero-order valence-electron chi connectivity index (χ0n) is 22.3. The number of hydrogen-bond acceptors (Lipinski definition) is 9. The molecule has 1 aromatic carbocycles. The number of nitrogen functional groups attached to an aromatic ring is 2. The molecular formula is C28H35ClN8O3. The minimum atomic E-state index is -0.400. The first-order valence-electron chi connectivity index (χ1n) is 13.4. The highest BCUT2D eigenvalue weighted by Crippen LogP contribution is 2.19. The number of benzene rings is 1. The fourth-order valence-electron chi connectivity index (χ4n) is 4.57. The molecule has 12 heteroatoms. The molecule has 1 atom stereocenters. The molecule has 1 aliphatic heterocycles. The quantitative estimate of drug-likeness (QED) is 0.257. The van der Waals surface area contributed by atoms with E-state index >= 15 is 0 Å². The van der Waals surface area contributed by atoms with Crippen LogP contribution in [0, 0.1) is 0 Å². The molecule has 0 radical (unpaired) electrons. The maximum atomic E-state index is 12.7. The van der Waals surface area contributed by atoms with Gasteiger partial charge in [-0.1, -0.05) is 29.8 Å². The summed E-state index contributed by atoms with van der Waals surface area (Å²) in [5.41, 5.74) is 13.5. The first-order valence-corrected chi connectivity index (χ1v) is 13.7. The Hall–Kier alpha value is -3.96. The lowest BCUT2D eigenvalue weighted by atomic mass is 10.0. The second-order valence-electron chi connectivity index (χ2n) is 9.70. The molecule has 0 aliphatic carbocycles. The molecule has 1 fully saturated rings. The Balaban J connectivity index is 1.13. The Morgan fingerprint density at radius 3 is 2.67 bits per heavy atom. The fraction of sp³-hybridized carbons (Fsp3) is 0.393. The predicted octanol–water partition coefficient (Wildman–Crippen LogP) is 2.25. The predicted molar refractivity (Wildman–Crippen MR) is 154 cm³/mol. The van der Waals surface area contributed by atoms with Crippen LogP contribution in [0.3, 0.4) is 0 Å². The molecule has 0 spiro atoms. The number of hydrogen-bond donors (Lipinski definition) is 4.